The number of ether oxygens (including phenoxy) is 6. The first-order valence-electron chi connectivity index (χ1n) is 17.5. The third kappa shape index (κ3) is 9.12. The van der Waals surface area contributed by atoms with Gasteiger partial charge in [-0.1, -0.05) is 27.7 Å². The van der Waals surface area contributed by atoms with Crippen LogP contribution >= 0.6 is 0 Å². The molecule has 3 aliphatic rings. The van der Waals surface area contributed by atoms with Crippen molar-refractivity contribution in [3.63, 3.8) is 0 Å². The van der Waals surface area contributed by atoms with Crippen LogP contribution in [0.15, 0.2) is 0 Å². The molecule has 47 heavy (non-hydrogen) atoms. The van der Waals surface area contributed by atoms with Gasteiger partial charge in [0.2, 0.25) is 0 Å². The summed E-state index contributed by atoms with van der Waals surface area (Å²) in [6, 6.07) is -0.232. The number of likely N-dealkylation sites (N-methyl/N-ethyl adjacent to an activating group) is 1. The van der Waals surface area contributed by atoms with Gasteiger partial charge < -0.3 is 48.6 Å². The Morgan fingerprint density at radius 1 is 1.00 bits per heavy atom. The molecule has 0 amide bonds. The van der Waals surface area contributed by atoms with Crippen LogP contribution in [0.1, 0.15) is 93.9 Å². The summed E-state index contributed by atoms with van der Waals surface area (Å²) >= 11 is 0. The van der Waals surface area contributed by atoms with Gasteiger partial charge in [-0.25, -0.2) is 0 Å². The van der Waals surface area contributed by atoms with Crippen molar-refractivity contribution >= 4 is 11.8 Å². The first-order chi connectivity index (χ1) is 21.9. The van der Waals surface area contributed by atoms with Crippen LogP contribution in [0.4, 0.5) is 0 Å². The van der Waals surface area contributed by atoms with E-state index in [1.54, 1.807) is 34.8 Å². The van der Waals surface area contributed by atoms with Gasteiger partial charge in [-0.15, -0.1) is 0 Å². The van der Waals surface area contributed by atoms with Crippen LogP contribution in [-0.2, 0) is 38.0 Å². The lowest BCUT2D eigenvalue weighted by atomic mass is 9.74. The van der Waals surface area contributed by atoms with Crippen LogP contribution in [0.3, 0.4) is 0 Å². The highest BCUT2D eigenvalue weighted by atomic mass is 16.7. The highest BCUT2D eigenvalue weighted by molar-refractivity contribution is 5.83. The molecule has 0 aromatic carbocycles. The number of Topliss-reactive ketones (excluding diaryl/α,β-unsaturated/α-hetero) is 1. The van der Waals surface area contributed by atoms with Gasteiger partial charge in [-0.2, -0.15) is 0 Å². The summed E-state index contributed by atoms with van der Waals surface area (Å²) in [7, 11) is 5.34. The molecular weight excluding hydrogens is 610 g/mol. The standard InChI is InChI=1S/C35H63NO11/c1-12-25-35(8,41)30(39)21(4)27(37)19(2)18-34(7,42-11)31(47-33-28(38)24(36(9)10)17-20(3)44-33)22(5)29(23(6)32(40)45-25)46-26-15-13-14-16-43-26/h19-26,28-31,33,38-39,41H,12-18H2,1-11H3/t19-,20-,21+,22+,23-,24+,25-,26?,28?,29+,30-,31-,33?,34+,35-/m1/s1. The van der Waals surface area contributed by atoms with Crippen molar-refractivity contribution in [1.29, 1.82) is 0 Å². The summed E-state index contributed by atoms with van der Waals surface area (Å²) in [4.78, 5) is 29.7. The predicted octanol–water partition coefficient (Wildman–Crippen LogP) is 3.07. The second-order valence-corrected chi connectivity index (χ2v) is 15.0. The number of aliphatic hydroxyl groups is 3. The Kier molecular flexibility index (Phi) is 14.3. The number of rotatable bonds is 7. The Bertz CT molecular complexity index is 1020. The van der Waals surface area contributed by atoms with Gasteiger partial charge in [-0.05, 0) is 80.3 Å². The SMILES string of the molecule is CC[C@H]1OC(=O)[C@H](C)[C@@H](OC2CCCCO2)[C@H](C)[C@@H](OC2O[C@H](C)C[C@H](N(C)C)C2O)[C@@](C)(OC)C[C@@H](C)C(=O)[C@H](C)[C@@H](O)[C@]1(C)O. The van der Waals surface area contributed by atoms with Gasteiger partial charge in [0, 0.05) is 37.5 Å². The van der Waals surface area contributed by atoms with Crippen LogP contribution in [0.2, 0.25) is 0 Å². The van der Waals surface area contributed by atoms with Gasteiger partial charge in [0.05, 0.1) is 35.9 Å². The van der Waals surface area contributed by atoms with E-state index in [4.69, 9.17) is 28.4 Å². The minimum absolute atomic E-state index is 0.175. The van der Waals surface area contributed by atoms with E-state index in [0.29, 0.717) is 19.4 Å². The zero-order valence-electron chi connectivity index (χ0n) is 30.5. The fourth-order valence-electron chi connectivity index (χ4n) is 7.81. The smallest absolute Gasteiger partial charge is 0.311 e. The molecule has 3 saturated heterocycles. The molecule has 274 valence electrons. The Hall–Kier alpha value is -1.22. The normalized spacial score (nSPS) is 46.6. The molecule has 15 atom stereocenters. The highest BCUT2D eigenvalue weighted by Gasteiger charge is 2.52. The van der Waals surface area contributed by atoms with Crippen molar-refractivity contribution in [2.24, 2.45) is 23.7 Å². The lowest BCUT2D eigenvalue weighted by Gasteiger charge is -2.49. The van der Waals surface area contributed by atoms with Crippen LogP contribution in [-0.4, -0.2) is 126 Å². The highest BCUT2D eigenvalue weighted by Crippen LogP contribution is 2.40. The Morgan fingerprint density at radius 2 is 1.66 bits per heavy atom. The lowest BCUT2D eigenvalue weighted by Crippen LogP contribution is -2.60. The maximum Gasteiger partial charge on any atom is 0.311 e. The van der Waals surface area contributed by atoms with Crippen molar-refractivity contribution in [2.45, 2.75) is 160 Å². The fourth-order valence-corrected chi connectivity index (χ4v) is 7.81. The molecule has 3 rings (SSSR count). The van der Waals surface area contributed by atoms with Crippen molar-refractivity contribution in [3.8, 4) is 0 Å². The number of carbonyl (C=O) groups is 2. The maximum atomic E-state index is 13.9. The molecule has 0 aliphatic carbocycles. The van der Waals surface area contributed by atoms with Crippen molar-refractivity contribution in [3.05, 3.63) is 0 Å². The zero-order chi connectivity index (χ0) is 35.4. The van der Waals surface area contributed by atoms with Gasteiger partial charge in [0.25, 0.3) is 0 Å². The minimum atomic E-state index is -1.90. The molecule has 12 heteroatoms. The minimum Gasteiger partial charge on any atom is -0.459 e. The van der Waals surface area contributed by atoms with Crippen molar-refractivity contribution in [2.75, 3.05) is 27.8 Å². The largest absolute Gasteiger partial charge is 0.459 e. The molecule has 3 N–H and O–H groups in total. The predicted molar refractivity (Wildman–Crippen MR) is 174 cm³/mol. The molecular formula is C35H63NO11. The van der Waals surface area contributed by atoms with Crippen LogP contribution < -0.4 is 0 Å². The molecule has 0 spiro atoms. The molecule has 0 aromatic heterocycles. The average Bonchev–Trinajstić information content (AvgIpc) is 3.03. The second-order valence-electron chi connectivity index (χ2n) is 15.0. The molecule has 3 heterocycles. The van der Waals surface area contributed by atoms with Crippen LogP contribution in [0.25, 0.3) is 0 Å². The van der Waals surface area contributed by atoms with E-state index in [1.165, 1.54) is 6.92 Å². The summed E-state index contributed by atoms with van der Waals surface area (Å²) in [5.41, 5.74) is -3.06. The number of methoxy groups -OCH3 is 1. The van der Waals surface area contributed by atoms with Gasteiger partial charge in [-0.3, -0.25) is 9.59 Å². The quantitative estimate of drug-likeness (QED) is 0.341. The summed E-state index contributed by atoms with van der Waals surface area (Å²) in [5.74, 6) is -3.96. The van der Waals surface area contributed by atoms with Gasteiger partial charge in [0.15, 0.2) is 12.6 Å². The van der Waals surface area contributed by atoms with E-state index in [9.17, 15) is 24.9 Å². The second kappa shape index (κ2) is 16.7. The Balaban J connectivity index is 2.16. The number of ketones is 1. The molecule has 3 aliphatic heterocycles. The van der Waals surface area contributed by atoms with E-state index in [1.807, 2.05) is 39.8 Å². The van der Waals surface area contributed by atoms with E-state index in [2.05, 4.69) is 0 Å². The van der Waals surface area contributed by atoms with E-state index in [0.717, 1.165) is 12.8 Å². The van der Waals surface area contributed by atoms with Gasteiger partial charge in [0.1, 0.15) is 23.6 Å². The summed E-state index contributed by atoms with van der Waals surface area (Å²) < 4.78 is 37.7. The van der Waals surface area contributed by atoms with E-state index in [-0.39, 0.29) is 30.8 Å². The van der Waals surface area contributed by atoms with Crippen LogP contribution in [0.5, 0.6) is 0 Å². The lowest BCUT2D eigenvalue weighted by molar-refractivity contribution is -0.307. The first-order valence-corrected chi connectivity index (χ1v) is 17.5. The number of carbonyl (C=O) groups excluding carboxylic acids is 2. The van der Waals surface area contributed by atoms with Crippen molar-refractivity contribution < 1.29 is 53.3 Å². The Labute approximate surface area is 281 Å². The Morgan fingerprint density at radius 3 is 2.21 bits per heavy atom. The average molecular weight is 674 g/mol. The number of aliphatic hydroxyl groups excluding tert-OH is 2. The topological polar surface area (TPSA) is 153 Å². The summed E-state index contributed by atoms with van der Waals surface area (Å²) in [5, 5.41) is 34.3. The molecule has 12 nitrogen and oxygen atoms in total. The third-order valence-corrected chi connectivity index (χ3v) is 10.9. The number of cyclic esters (lactones) is 1. The number of nitrogens with zero attached hydrogens (tertiary/aromatic N) is 1. The molecule has 3 fully saturated rings. The van der Waals surface area contributed by atoms with Crippen LogP contribution in [0, 0.1) is 23.7 Å². The molecule has 3 unspecified atom stereocenters. The monoisotopic (exact) mass is 673 g/mol. The number of hydrogen-bond acceptors (Lipinski definition) is 12. The summed E-state index contributed by atoms with van der Waals surface area (Å²) in [6.45, 7) is 14.4. The first kappa shape index (κ1) is 40.2. The molecule has 0 bridgehead atoms. The zero-order valence-corrected chi connectivity index (χ0v) is 30.5. The number of hydrogen-bond donors (Lipinski definition) is 3. The van der Waals surface area contributed by atoms with Gasteiger partial charge >= 0.3 is 5.97 Å². The molecule has 0 aromatic rings. The number of esters is 1. The van der Waals surface area contributed by atoms with E-state index >= 15 is 0 Å². The maximum absolute atomic E-state index is 13.9. The van der Waals surface area contributed by atoms with Crippen molar-refractivity contribution in [1.82, 2.24) is 4.90 Å². The van der Waals surface area contributed by atoms with E-state index < -0.39 is 83.9 Å². The third-order valence-electron chi connectivity index (χ3n) is 10.9. The molecule has 0 saturated carbocycles. The molecule has 0 radical (unpaired) electrons. The fraction of sp³-hybridized carbons (Fsp3) is 0.943. The summed E-state index contributed by atoms with van der Waals surface area (Å²) in [6.07, 6.45) is -3.63.